The topological polar surface area (TPSA) is 44.4 Å². The molecule has 0 spiro atoms. The second-order valence-corrected chi connectivity index (χ2v) is 6.33. The van der Waals surface area contributed by atoms with Crippen LogP contribution in [0.5, 0.6) is 0 Å². The van der Waals surface area contributed by atoms with Gasteiger partial charge >= 0.3 is 0 Å². The van der Waals surface area contributed by atoms with Crippen molar-refractivity contribution in [3.05, 3.63) is 54.1 Å². The molecule has 2 N–H and O–H groups in total. The minimum atomic E-state index is -0.0349. The fourth-order valence-corrected chi connectivity index (χ4v) is 3.05. The summed E-state index contributed by atoms with van der Waals surface area (Å²) in [7, 11) is 0. The van der Waals surface area contributed by atoms with Crippen LogP contribution in [0.2, 0.25) is 0 Å². The van der Waals surface area contributed by atoms with Crippen LogP contribution in [0.1, 0.15) is 24.8 Å². The maximum Gasteiger partial charge on any atom is 0.243 e. The number of aryl methyl sites for hydroxylation is 1. The third-order valence-corrected chi connectivity index (χ3v) is 4.38. The van der Waals surface area contributed by atoms with Crippen LogP contribution in [0.15, 0.2) is 48.5 Å². The van der Waals surface area contributed by atoms with Crippen molar-refractivity contribution in [2.24, 2.45) is 0 Å². The lowest BCUT2D eigenvalue weighted by Gasteiger charge is -2.30. The van der Waals surface area contributed by atoms with E-state index in [1.807, 2.05) is 43.3 Å². The summed E-state index contributed by atoms with van der Waals surface area (Å²) in [4.78, 5) is 14.6. The molecule has 2 aromatic carbocycles. The zero-order chi connectivity index (χ0) is 16.8. The Kier molecular flexibility index (Phi) is 5.36. The van der Waals surface area contributed by atoms with Gasteiger partial charge in [0.05, 0.1) is 17.9 Å². The monoisotopic (exact) mass is 323 g/mol. The Hall–Kier alpha value is -2.49. The van der Waals surface area contributed by atoms with Crippen LogP contribution in [-0.4, -0.2) is 25.5 Å². The number of benzene rings is 2. The van der Waals surface area contributed by atoms with Gasteiger partial charge in [-0.1, -0.05) is 29.8 Å². The van der Waals surface area contributed by atoms with E-state index >= 15 is 0 Å². The standard InChI is InChI=1S/C20H25N3O/c1-16-9-11-17(12-10-16)22-20(24)15-21-18-7-3-4-8-19(18)23-13-5-2-6-14-23/h3-4,7-12,21H,2,5-6,13-15H2,1H3,(H,22,24). The van der Waals surface area contributed by atoms with E-state index in [0.717, 1.165) is 24.5 Å². The number of nitrogens with one attached hydrogen (secondary N) is 2. The Morgan fingerprint density at radius 1 is 1.00 bits per heavy atom. The van der Waals surface area contributed by atoms with Crippen LogP contribution in [-0.2, 0) is 4.79 Å². The molecule has 4 heteroatoms. The number of hydrogen-bond donors (Lipinski definition) is 2. The fraction of sp³-hybridized carbons (Fsp3) is 0.350. The van der Waals surface area contributed by atoms with E-state index < -0.39 is 0 Å². The van der Waals surface area contributed by atoms with E-state index in [1.54, 1.807) is 0 Å². The maximum absolute atomic E-state index is 12.2. The molecule has 3 rings (SSSR count). The normalized spacial score (nSPS) is 14.3. The number of nitrogens with zero attached hydrogens (tertiary/aromatic N) is 1. The van der Waals surface area contributed by atoms with E-state index in [0.29, 0.717) is 0 Å². The van der Waals surface area contributed by atoms with Crippen molar-refractivity contribution in [2.75, 3.05) is 35.2 Å². The summed E-state index contributed by atoms with van der Waals surface area (Å²) in [6.45, 7) is 4.48. The van der Waals surface area contributed by atoms with E-state index in [-0.39, 0.29) is 12.5 Å². The van der Waals surface area contributed by atoms with Crippen molar-refractivity contribution in [1.82, 2.24) is 0 Å². The zero-order valence-electron chi connectivity index (χ0n) is 14.2. The van der Waals surface area contributed by atoms with Gasteiger partial charge in [0.1, 0.15) is 0 Å². The van der Waals surface area contributed by atoms with E-state index in [1.165, 1.54) is 30.5 Å². The lowest BCUT2D eigenvalue weighted by molar-refractivity contribution is -0.114. The van der Waals surface area contributed by atoms with Crippen LogP contribution >= 0.6 is 0 Å². The smallest absolute Gasteiger partial charge is 0.243 e. The van der Waals surface area contributed by atoms with E-state index in [9.17, 15) is 4.79 Å². The van der Waals surface area contributed by atoms with Crippen molar-refractivity contribution >= 4 is 23.0 Å². The van der Waals surface area contributed by atoms with Crippen molar-refractivity contribution in [1.29, 1.82) is 0 Å². The number of carbonyl (C=O) groups is 1. The van der Waals surface area contributed by atoms with Gasteiger partial charge in [-0.3, -0.25) is 4.79 Å². The van der Waals surface area contributed by atoms with Crippen LogP contribution in [0, 0.1) is 6.92 Å². The molecule has 0 radical (unpaired) electrons. The average Bonchev–Trinajstić information content (AvgIpc) is 2.63. The Bertz CT molecular complexity index is 676. The largest absolute Gasteiger partial charge is 0.374 e. The molecule has 2 aromatic rings. The first-order valence-electron chi connectivity index (χ1n) is 8.67. The summed E-state index contributed by atoms with van der Waals surface area (Å²) < 4.78 is 0. The minimum Gasteiger partial charge on any atom is -0.374 e. The molecule has 0 aliphatic carbocycles. The summed E-state index contributed by atoms with van der Waals surface area (Å²) in [6, 6.07) is 16.1. The van der Waals surface area contributed by atoms with Gasteiger partial charge in [-0.15, -0.1) is 0 Å². The third-order valence-electron chi connectivity index (χ3n) is 4.38. The van der Waals surface area contributed by atoms with Crippen LogP contribution in [0.4, 0.5) is 17.1 Å². The van der Waals surface area contributed by atoms with Gasteiger partial charge in [0, 0.05) is 18.8 Å². The van der Waals surface area contributed by atoms with Gasteiger partial charge in [0.2, 0.25) is 5.91 Å². The van der Waals surface area contributed by atoms with Crippen molar-refractivity contribution in [2.45, 2.75) is 26.2 Å². The molecule has 126 valence electrons. The summed E-state index contributed by atoms with van der Waals surface area (Å²) >= 11 is 0. The minimum absolute atomic E-state index is 0.0349. The van der Waals surface area contributed by atoms with Gasteiger partial charge in [0.15, 0.2) is 0 Å². The quantitative estimate of drug-likeness (QED) is 0.873. The Labute approximate surface area is 143 Å². The second-order valence-electron chi connectivity index (χ2n) is 6.33. The van der Waals surface area contributed by atoms with Crippen LogP contribution in [0.3, 0.4) is 0 Å². The van der Waals surface area contributed by atoms with Gasteiger partial charge in [-0.25, -0.2) is 0 Å². The number of rotatable bonds is 5. The summed E-state index contributed by atoms with van der Waals surface area (Å²) in [5, 5.41) is 6.21. The second kappa shape index (κ2) is 7.86. The predicted molar refractivity (Wildman–Crippen MR) is 101 cm³/mol. The number of hydrogen-bond acceptors (Lipinski definition) is 3. The van der Waals surface area contributed by atoms with E-state index in [4.69, 9.17) is 0 Å². The van der Waals surface area contributed by atoms with Crippen molar-refractivity contribution in [3.8, 4) is 0 Å². The molecule has 0 unspecified atom stereocenters. The number of carbonyl (C=O) groups excluding carboxylic acids is 1. The molecule has 24 heavy (non-hydrogen) atoms. The van der Waals surface area contributed by atoms with Crippen LogP contribution < -0.4 is 15.5 Å². The molecule has 1 saturated heterocycles. The highest BCUT2D eigenvalue weighted by Gasteiger charge is 2.14. The first kappa shape index (κ1) is 16.4. The molecular formula is C20H25N3O. The first-order valence-corrected chi connectivity index (χ1v) is 8.67. The number of para-hydroxylation sites is 2. The van der Waals surface area contributed by atoms with Crippen LogP contribution in [0.25, 0.3) is 0 Å². The molecule has 1 amide bonds. The number of anilines is 3. The highest BCUT2D eigenvalue weighted by molar-refractivity contribution is 5.94. The van der Waals surface area contributed by atoms with Crippen molar-refractivity contribution in [3.63, 3.8) is 0 Å². The molecular weight excluding hydrogens is 298 g/mol. The van der Waals surface area contributed by atoms with Gasteiger partial charge < -0.3 is 15.5 Å². The Balaban J connectivity index is 1.59. The maximum atomic E-state index is 12.2. The highest BCUT2D eigenvalue weighted by Crippen LogP contribution is 2.28. The highest BCUT2D eigenvalue weighted by atomic mass is 16.1. The molecule has 4 nitrogen and oxygen atoms in total. The third kappa shape index (κ3) is 4.28. The first-order chi connectivity index (χ1) is 11.7. The van der Waals surface area contributed by atoms with E-state index in [2.05, 4.69) is 27.7 Å². The Morgan fingerprint density at radius 3 is 2.46 bits per heavy atom. The zero-order valence-corrected chi connectivity index (χ0v) is 14.2. The summed E-state index contributed by atoms with van der Waals surface area (Å²) in [5.41, 5.74) is 4.23. The lowest BCUT2D eigenvalue weighted by atomic mass is 10.1. The van der Waals surface area contributed by atoms with Crippen molar-refractivity contribution < 1.29 is 4.79 Å². The fourth-order valence-electron chi connectivity index (χ4n) is 3.05. The lowest BCUT2D eigenvalue weighted by Crippen LogP contribution is -2.30. The number of piperidine rings is 1. The summed E-state index contributed by atoms with van der Waals surface area (Å²) in [6.07, 6.45) is 3.79. The Morgan fingerprint density at radius 2 is 1.71 bits per heavy atom. The van der Waals surface area contributed by atoms with Gasteiger partial charge in [-0.05, 0) is 50.5 Å². The average molecular weight is 323 g/mol. The molecule has 1 fully saturated rings. The molecule has 1 heterocycles. The molecule has 0 aromatic heterocycles. The number of amides is 1. The molecule has 1 aliphatic rings. The predicted octanol–water partition coefficient (Wildman–Crippen LogP) is 4.04. The molecule has 0 saturated carbocycles. The SMILES string of the molecule is Cc1ccc(NC(=O)CNc2ccccc2N2CCCCC2)cc1. The molecule has 0 bridgehead atoms. The molecule has 0 atom stereocenters. The van der Waals surface area contributed by atoms with Gasteiger partial charge in [0.25, 0.3) is 0 Å². The summed E-state index contributed by atoms with van der Waals surface area (Å²) in [5.74, 6) is -0.0349. The molecule has 1 aliphatic heterocycles. The van der Waals surface area contributed by atoms with Gasteiger partial charge in [-0.2, -0.15) is 0 Å².